The fourth-order valence-electron chi connectivity index (χ4n) is 2.50. The summed E-state index contributed by atoms with van der Waals surface area (Å²) in [6, 6.07) is 10.8. The third-order valence-electron chi connectivity index (χ3n) is 3.87. The summed E-state index contributed by atoms with van der Waals surface area (Å²) in [4.78, 5) is 22.5. The van der Waals surface area contributed by atoms with Gasteiger partial charge in [0.1, 0.15) is 5.75 Å². The van der Waals surface area contributed by atoms with Crippen molar-refractivity contribution in [2.24, 2.45) is 0 Å². The second-order valence-electron chi connectivity index (χ2n) is 7.02. The van der Waals surface area contributed by atoms with E-state index in [4.69, 9.17) is 33.0 Å². The molecule has 0 bridgehead atoms. The summed E-state index contributed by atoms with van der Waals surface area (Å²) in [6.07, 6.45) is -0.936. The Morgan fingerprint density at radius 3 is 2.21 bits per heavy atom. The molecule has 12 heteroatoms. The highest BCUT2D eigenvalue weighted by Gasteiger charge is 2.36. The maximum absolute atomic E-state index is 12.0. The van der Waals surface area contributed by atoms with Gasteiger partial charge in [0.2, 0.25) is 0 Å². The number of amides is 1. The average molecular weight is 520 g/mol. The molecule has 0 spiro atoms. The van der Waals surface area contributed by atoms with Crippen LogP contribution in [-0.2, 0) is 15.0 Å². The van der Waals surface area contributed by atoms with E-state index in [2.05, 4.69) is 10.0 Å². The number of ether oxygens (including phenoxy) is 1. The molecule has 0 radical (unpaired) electrons. The van der Waals surface area contributed by atoms with Crippen LogP contribution in [0.4, 0.5) is 5.69 Å². The minimum absolute atomic E-state index is 0.297. The number of carbonyl (C=O) groups is 2. The molecule has 0 fully saturated rings. The van der Waals surface area contributed by atoms with Gasteiger partial charge >= 0.3 is 16.2 Å². The van der Waals surface area contributed by atoms with E-state index < -0.39 is 34.2 Å². The van der Waals surface area contributed by atoms with Crippen LogP contribution < -0.4 is 14.8 Å². The molecule has 2 aromatic rings. The first-order chi connectivity index (χ1) is 15.3. The van der Waals surface area contributed by atoms with E-state index in [-0.39, 0.29) is 0 Å². The van der Waals surface area contributed by atoms with Gasteiger partial charge in [-0.05, 0) is 65.2 Å². The molecule has 1 heterocycles. The van der Waals surface area contributed by atoms with Crippen LogP contribution in [0.1, 0.15) is 31.1 Å². The zero-order valence-electron chi connectivity index (χ0n) is 18.8. The molecule has 3 N–H and O–H groups in total. The Bertz CT molecular complexity index is 1080. The number of hydrogen-bond acceptors (Lipinski definition) is 6. The van der Waals surface area contributed by atoms with Crippen LogP contribution in [0.5, 0.6) is 5.75 Å². The summed E-state index contributed by atoms with van der Waals surface area (Å²) < 4.78 is 31.9. The number of halogens is 2. The SMILES string of the molecule is CC(C)N1C(=O)c2ccccc2NS1(=O)=O.CC(Oc1ccc(Cl)cc1Cl)C(=O)O.CNC. The first-order valence-electron chi connectivity index (χ1n) is 9.74. The zero-order chi connectivity index (χ0) is 25.3. The predicted molar refractivity (Wildman–Crippen MR) is 129 cm³/mol. The molecule has 1 unspecified atom stereocenters. The largest absolute Gasteiger partial charge is 0.479 e. The summed E-state index contributed by atoms with van der Waals surface area (Å²) in [5.74, 6) is -1.22. The van der Waals surface area contributed by atoms with E-state index in [0.717, 1.165) is 4.31 Å². The number of carbonyl (C=O) groups excluding carboxylic acids is 1. The monoisotopic (exact) mass is 519 g/mol. The third-order valence-corrected chi connectivity index (χ3v) is 5.98. The fourth-order valence-corrected chi connectivity index (χ4v) is 4.38. The molecule has 0 aromatic heterocycles. The number of nitrogens with zero attached hydrogens (tertiary/aromatic N) is 1. The van der Waals surface area contributed by atoms with Crippen molar-refractivity contribution in [3.63, 3.8) is 0 Å². The summed E-state index contributed by atoms with van der Waals surface area (Å²) in [6.45, 7) is 4.74. The van der Waals surface area contributed by atoms with E-state index in [1.54, 1.807) is 44.2 Å². The number of rotatable bonds is 4. The van der Waals surface area contributed by atoms with Crippen LogP contribution in [0.2, 0.25) is 10.0 Å². The molecule has 1 aliphatic rings. The first kappa shape index (κ1) is 28.5. The molecule has 0 saturated heterocycles. The molecule has 33 heavy (non-hydrogen) atoms. The van der Waals surface area contributed by atoms with Crippen LogP contribution in [0.25, 0.3) is 0 Å². The lowest BCUT2D eigenvalue weighted by Crippen LogP contribution is -2.48. The zero-order valence-corrected chi connectivity index (χ0v) is 21.1. The predicted octanol–water partition coefficient (Wildman–Crippen LogP) is 3.89. The highest BCUT2D eigenvalue weighted by molar-refractivity contribution is 7.91. The van der Waals surface area contributed by atoms with E-state index >= 15 is 0 Å². The van der Waals surface area contributed by atoms with Crippen molar-refractivity contribution < 1.29 is 27.9 Å². The molecule has 182 valence electrons. The number of benzene rings is 2. The second-order valence-corrected chi connectivity index (χ2v) is 9.41. The van der Waals surface area contributed by atoms with Crippen LogP contribution in [0, 0.1) is 0 Å². The van der Waals surface area contributed by atoms with Gasteiger partial charge in [-0.1, -0.05) is 35.3 Å². The average Bonchev–Trinajstić information content (AvgIpc) is 2.70. The maximum atomic E-state index is 12.0. The van der Waals surface area contributed by atoms with Gasteiger partial charge in [0.25, 0.3) is 5.91 Å². The number of nitrogens with one attached hydrogen (secondary N) is 2. The topological polar surface area (TPSA) is 125 Å². The Morgan fingerprint density at radius 1 is 1.12 bits per heavy atom. The molecule has 2 aromatic carbocycles. The highest BCUT2D eigenvalue weighted by atomic mass is 35.5. The van der Waals surface area contributed by atoms with Crippen molar-refractivity contribution in [1.82, 2.24) is 9.62 Å². The summed E-state index contributed by atoms with van der Waals surface area (Å²) in [7, 11) is -0.00160. The highest BCUT2D eigenvalue weighted by Crippen LogP contribution is 2.28. The van der Waals surface area contributed by atoms with Gasteiger partial charge in [-0.25, -0.2) is 9.10 Å². The molecule has 0 saturated carbocycles. The third kappa shape index (κ3) is 8.08. The van der Waals surface area contributed by atoms with E-state index in [0.29, 0.717) is 27.0 Å². The quantitative estimate of drug-likeness (QED) is 0.559. The Morgan fingerprint density at radius 2 is 1.70 bits per heavy atom. The second kappa shape index (κ2) is 12.6. The van der Waals surface area contributed by atoms with E-state index in [1.807, 2.05) is 14.1 Å². The van der Waals surface area contributed by atoms with Crippen molar-refractivity contribution >= 4 is 51.0 Å². The number of carboxylic acids is 1. The lowest BCUT2D eigenvalue weighted by molar-refractivity contribution is -0.144. The van der Waals surface area contributed by atoms with Gasteiger partial charge in [-0.15, -0.1) is 0 Å². The molecular formula is C21H27Cl2N3O6S. The minimum Gasteiger partial charge on any atom is -0.479 e. The Kier molecular flexibility index (Phi) is 10.9. The standard InChI is InChI=1S/C10H12N2O3S.C9H8Cl2O3.C2H7N/c1-7(2)12-10(13)8-5-3-4-6-9(8)11-16(12,14)15;1-5(9(12)13)14-8-3-2-6(10)4-7(8)11;1-3-2/h3-7,11H,1-2H3;2-5H,1H3,(H,12,13);3H,1-2H3. The Labute approximate surface area is 203 Å². The van der Waals surface area contributed by atoms with E-state index in [1.165, 1.54) is 19.1 Å². The van der Waals surface area contributed by atoms with Crippen LogP contribution in [0.15, 0.2) is 42.5 Å². The van der Waals surface area contributed by atoms with Crippen LogP contribution in [0.3, 0.4) is 0 Å². The number of carboxylic acid groups (broad SMARTS) is 1. The summed E-state index contributed by atoms with van der Waals surface area (Å²) in [5.41, 5.74) is 0.718. The number of anilines is 1. The molecule has 0 aliphatic carbocycles. The van der Waals surface area contributed by atoms with Gasteiger partial charge in [0.15, 0.2) is 6.10 Å². The lowest BCUT2D eigenvalue weighted by Gasteiger charge is -2.31. The van der Waals surface area contributed by atoms with E-state index in [9.17, 15) is 18.0 Å². The number of para-hydroxylation sites is 1. The van der Waals surface area contributed by atoms with Crippen molar-refractivity contribution in [1.29, 1.82) is 0 Å². The molecule has 1 aliphatic heterocycles. The lowest BCUT2D eigenvalue weighted by atomic mass is 10.1. The molecule has 3 rings (SSSR count). The minimum atomic E-state index is -3.75. The summed E-state index contributed by atoms with van der Waals surface area (Å²) >= 11 is 11.4. The number of aliphatic carboxylic acids is 1. The molecule has 9 nitrogen and oxygen atoms in total. The van der Waals surface area contributed by atoms with Crippen LogP contribution >= 0.6 is 23.2 Å². The van der Waals surface area contributed by atoms with Crippen molar-refractivity contribution in [3.05, 3.63) is 58.1 Å². The normalized spacial score (nSPS) is 14.5. The molecule has 1 atom stereocenters. The van der Waals surface area contributed by atoms with Crippen molar-refractivity contribution in [3.8, 4) is 5.75 Å². The number of hydrogen-bond donors (Lipinski definition) is 3. The smallest absolute Gasteiger partial charge is 0.344 e. The molecule has 1 amide bonds. The van der Waals surface area contributed by atoms with Crippen molar-refractivity contribution in [2.75, 3.05) is 18.8 Å². The van der Waals surface area contributed by atoms with Gasteiger partial charge in [-0.3, -0.25) is 9.52 Å². The van der Waals surface area contributed by atoms with Gasteiger partial charge in [-0.2, -0.15) is 8.42 Å². The van der Waals surface area contributed by atoms with Gasteiger partial charge in [0.05, 0.1) is 16.3 Å². The Hall–Kier alpha value is -2.53. The Balaban J connectivity index is 0.000000298. The number of fused-ring (bicyclic) bond motifs is 1. The van der Waals surface area contributed by atoms with Gasteiger partial charge in [0, 0.05) is 11.1 Å². The summed E-state index contributed by atoms with van der Waals surface area (Å²) in [5, 5.41) is 12.1. The maximum Gasteiger partial charge on any atom is 0.344 e. The molecular weight excluding hydrogens is 493 g/mol. The first-order valence-corrected chi connectivity index (χ1v) is 11.9. The van der Waals surface area contributed by atoms with Gasteiger partial charge < -0.3 is 15.2 Å². The van der Waals surface area contributed by atoms with Crippen molar-refractivity contribution in [2.45, 2.75) is 32.9 Å². The fraction of sp³-hybridized carbons (Fsp3) is 0.333. The van der Waals surface area contributed by atoms with Crippen LogP contribution in [-0.4, -0.2) is 55.9 Å².